The fourth-order valence-corrected chi connectivity index (χ4v) is 10.6. The first-order valence-electron chi connectivity index (χ1n) is 21.6. The lowest BCUT2D eigenvalue weighted by Crippen LogP contribution is -2.61. The monoisotopic (exact) mass is 855 g/mol. The maximum Gasteiger partial charge on any atom is 0.312 e. The molecule has 7 aliphatic carbocycles. The molecule has 1 N–H and O–H groups in total. The molecule has 6 bridgehead atoms. The summed E-state index contributed by atoms with van der Waals surface area (Å²) in [6.45, 7) is 22.0. The van der Waals surface area contributed by atoms with Crippen LogP contribution in [0.2, 0.25) is 0 Å². The summed E-state index contributed by atoms with van der Waals surface area (Å²) < 4.78 is 23.0. The van der Waals surface area contributed by atoms with Crippen molar-refractivity contribution in [3.63, 3.8) is 0 Å². The summed E-state index contributed by atoms with van der Waals surface area (Å²) in [5.74, 6) is 1.89. The second-order valence-corrected chi connectivity index (χ2v) is 20.9. The van der Waals surface area contributed by atoms with Gasteiger partial charge in [-0.2, -0.15) is 0 Å². The van der Waals surface area contributed by atoms with Gasteiger partial charge < -0.3 is 24.1 Å². The van der Waals surface area contributed by atoms with Gasteiger partial charge in [-0.15, -0.1) is 0 Å². The largest absolute Gasteiger partial charge is 0.459 e. The predicted octanol–water partition coefficient (Wildman–Crippen LogP) is 13.1. The van der Waals surface area contributed by atoms with Crippen molar-refractivity contribution in [3.8, 4) is 0 Å². The smallest absolute Gasteiger partial charge is 0.312 e. The number of carbonyl (C=O) groups excluding carboxylic acids is 4. The lowest BCUT2D eigenvalue weighted by atomic mass is 9.52. The fourth-order valence-electron chi connectivity index (χ4n) is 10.6. The van der Waals surface area contributed by atoms with Crippen molar-refractivity contribution in [2.24, 2.45) is 51.8 Å². The quantitative estimate of drug-likeness (QED) is 0.169. The fraction of sp³-hybridized carbons (Fsp3) is 0.922. The third kappa shape index (κ3) is 12.3. The Hall–Kier alpha value is -2.16. The molecule has 1 heterocycles. The number of ether oxygens (including phenoxy) is 4. The molecule has 8 fully saturated rings. The lowest BCUT2D eigenvalue weighted by Gasteiger charge is -2.59. The summed E-state index contributed by atoms with van der Waals surface area (Å²) in [5.41, 5.74) is -2.32. The molecule has 0 aromatic carbocycles. The van der Waals surface area contributed by atoms with Crippen molar-refractivity contribution in [1.29, 1.82) is 0 Å². The molecule has 0 radical (unpaired) electrons. The number of fused-ring (bicyclic) bond motifs is 1. The minimum Gasteiger partial charge on any atom is -0.459 e. The number of rotatable bonds is 10. The van der Waals surface area contributed by atoms with Gasteiger partial charge in [0.05, 0.1) is 27.8 Å². The summed E-state index contributed by atoms with van der Waals surface area (Å²) in [5, 5.41) is 10.6. The van der Waals surface area contributed by atoms with Crippen LogP contribution in [-0.2, 0) is 38.1 Å². The average Bonchev–Trinajstić information content (AvgIpc) is 3.73. The molecule has 0 aromatic rings. The van der Waals surface area contributed by atoms with Crippen molar-refractivity contribution in [2.75, 3.05) is 0 Å². The van der Waals surface area contributed by atoms with Gasteiger partial charge in [0.2, 0.25) is 0 Å². The topological polar surface area (TPSA) is 125 Å². The molecule has 8 aliphatic rings. The second-order valence-electron chi connectivity index (χ2n) is 20.9. The molecule has 60 heavy (non-hydrogen) atoms. The third-order valence-corrected chi connectivity index (χ3v) is 15.3. The first kappa shape index (κ1) is 59.9. The number of aliphatic hydroxyl groups is 1. The Balaban J connectivity index is 0. The van der Waals surface area contributed by atoms with Crippen LogP contribution >= 0.6 is 0 Å². The van der Waals surface area contributed by atoms with Gasteiger partial charge in [0, 0.05) is 18.3 Å². The minimum absolute atomic E-state index is 0. The summed E-state index contributed by atoms with van der Waals surface area (Å²) >= 11 is 0. The summed E-state index contributed by atoms with van der Waals surface area (Å²) in [6.07, 6.45) is 15.2. The lowest BCUT2D eigenvalue weighted by molar-refractivity contribution is -0.225. The Labute approximate surface area is 370 Å². The Kier molecular flexibility index (Phi) is 21.9. The van der Waals surface area contributed by atoms with Gasteiger partial charge in [0.1, 0.15) is 23.4 Å². The van der Waals surface area contributed by atoms with E-state index in [4.69, 9.17) is 18.9 Å². The molecule has 7 atom stereocenters. The molecule has 1 aliphatic heterocycles. The second kappa shape index (κ2) is 22.0. The minimum atomic E-state index is -0.555. The van der Waals surface area contributed by atoms with Crippen molar-refractivity contribution >= 4 is 23.9 Å². The van der Waals surface area contributed by atoms with Crippen LogP contribution in [0.4, 0.5) is 0 Å². The van der Waals surface area contributed by atoms with E-state index in [-0.39, 0.29) is 103 Å². The molecule has 0 amide bonds. The van der Waals surface area contributed by atoms with Crippen LogP contribution in [0.25, 0.3) is 0 Å². The first-order valence-corrected chi connectivity index (χ1v) is 21.6. The van der Waals surface area contributed by atoms with Gasteiger partial charge in [-0.3, -0.25) is 19.2 Å². The van der Waals surface area contributed by atoms with Crippen molar-refractivity contribution in [2.45, 2.75) is 252 Å². The highest BCUT2D eigenvalue weighted by molar-refractivity contribution is 5.79. The van der Waals surface area contributed by atoms with E-state index >= 15 is 0 Å². The van der Waals surface area contributed by atoms with E-state index in [9.17, 15) is 24.3 Å². The summed E-state index contributed by atoms with van der Waals surface area (Å²) in [4.78, 5) is 48.4. The number of hydrogen-bond donors (Lipinski definition) is 1. The van der Waals surface area contributed by atoms with E-state index in [1.54, 1.807) is 0 Å². The van der Waals surface area contributed by atoms with Crippen molar-refractivity contribution in [1.82, 2.24) is 0 Å². The first-order chi connectivity index (χ1) is 25.0. The zero-order chi connectivity index (χ0) is 40.1. The normalized spacial score (nSPS) is 32.1. The van der Waals surface area contributed by atoms with E-state index < -0.39 is 16.4 Å². The molecule has 8 rings (SSSR count). The van der Waals surface area contributed by atoms with Crippen LogP contribution in [0.3, 0.4) is 0 Å². The van der Waals surface area contributed by atoms with Gasteiger partial charge in [0.25, 0.3) is 0 Å². The highest BCUT2D eigenvalue weighted by Gasteiger charge is 2.64. The molecule has 356 valence electrons. The van der Waals surface area contributed by atoms with Gasteiger partial charge in [-0.05, 0) is 149 Å². The molecule has 0 aromatic heterocycles. The highest BCUT2D eigenvalue weighted by atomic mass is 16.6. The average molecular weight is 855 g/mol. The molecule has 0 spiro atoms. The zero-order valence-electron chi connectivity index (χ0n) is 35.6. The number of hydrogen-bond acceptors (Lipinski definition) is 9. The van der Waals surface area contributed by atoms with E-state index in [2.05, 4.69) is 13.8 Å². The Morgan fingerprint density at radius 1 is 0.700 bits per heavy atom. The van der Waals surface area contributed by atoms with Crippen molar-refractivity contribution in [3.05, 3.63) is 0 Å². The van der Waals surface area contributed by atoms with Gasteiger partial charge in [-0.1, -0.05) is 85.6 Å². The summed E-state index contributed by atoms with van der Waals surface area (Å²) in [6, 6.07) is 0. The third-order valence-electron chi connectivity index (χ3n) is 15.3. The molecular weight excluding hydrogens is 757 g/mol. The Morgan fingerprint density at radius 2 is 1.17 bits per heavy atom. The van der Waals surface area contributed by atoms with Crippen LogP contribution in [0.1, 0.15) is 223 Å². The zero-order valence-corrected chi connectivity index (χ0v) is 35.6. The maximum atomic E-state index is 12.4. The van der Waals surface area contributed by atoms with Crippen molar-refractivity contribution < 1.29 is 43.2 Å². The standard InChI is InChI=1S/C16H26O3.C15H28O2.C14H20O4.6CH4/c1-4-14(2,3)13(17)19-16-8-11-5-12(9-16)7-15(18,6-11)10-16;1-6-14(4,5)13(16)17-15(12(2)3)10-8-7-9-11-15;1-4-14(2,3)13(16)18-10-7-5-8-9(6-7)12(15)17-11(8)10;;;;;;/h11-12,18H,4-10H2,1-3H3;12H,6-11H2,1-5H3;7-11H,4-6H2,1-3H3;6*1H4. The van der Waals surface area contributed by atoms with Crippen LogP contribution in [-0.4, -0.2) is 58.0 Å². The molecule has 1 saturated heterocycles. The Morgan fingerprint density at radius 3 is 1.62 bits per heavy atom. The SMILES string of the molecule is C.C.C.C.C.C.CCC(C)(C)C(=O)OC1(C(C)C)CCCCC1.CCC(C)(C)C(=O)OC12CC3CC(CC(O)(C3)C1)C2.CCC(C)(C)C(=O)OC1C2CC3C(=O)OC1C3C2. The van der Waals surface area contributed by atoms with E-state index in [1.165, 1.54) is 25.7 Å². The predicted molar refractivity (Wildman–Crippen MR) is 247 cm³/mol. The van der Waals surface area contributed by atoms with Crippen LogP contribution < -0.4 is 0 Å². The molecule has 9 heteroatoms. The van der Waals surface area contributed by atoms with E-state index in [0.717, 1.165) is 70.6 Å². The Bertz CT molecular complexity index is 1370. The molecule has 7 unspecified atom stereocenters. The van der Waals surface area contributed by atoms with E-state index in [1.807, 2.05) is 62.3 Å². The van der Waals surface area contributed by atoms with Gasteiger partial charge >= 0.3 is 23.9 Å². The molecular formula is C51H98O9. The summed E-state index contributed by atoms with van der Waals surface area (Å²) in [7, 11) is 0. The maximum absolute atomic E-state index is 12.4. The van der Waals surface area contributed by atoms with Crippen LogP contribution in [0, 0.1) is 51.8 Å². The van der Waals surface area contributed by atoms with Crippen LogP contribution in [0.15, 0.2) is 0 Å². The number of carbonyl (C=O) groups is 4. The van der Waals surface area contributed by atoms with E-state index in [0.29, 0.717) is 36.0 Å². The van der Waals surface area contributed by atoms with Crippen LogP contribution in [0.5, 0.6) is 0 Å². The number of esters is 4. The molecule has 9 nitrogen and oxygen atoms in total. The van der Waals surface area contributed by atoms with Gasteiger partial charge in [0.15, 0.2) is 0 Å². The van der Waals surface area contributed by atoms with Gasteiger partial charge in [-0.25, -0.2) is 0 Å². The highest BCUT2D eigenvalue weighted by Crippen LogP contribution is 2.59. The molecule has 7 saturated carbocycles.